The average molecular weight is 224 g/mol. The molecule has 5 heteroatoms. The minimum absolute atomic E-state index is 0.0261. The van der Waals surface area contributed by atoms with Gasteiger partial charge in [-0.1, -0.05) is 5.16 Å². The van der Waals surface area contributed by atoms with Crippen molar-refractivity contribution in [1.29, 1.82) is 0 Å². The minimum Gasteiger partial charge on any atom is -0.381 e. The molecule has 0 bridgehead atoms. The van der Waals surface area contributed by atoms with Crippen molar-refractivity contribution in [2.45, 2.75) is 32.7 Å². The van der Waals surface area contributed by atoms with E-state index in [2.05, 4.69) is 5.16 Å². The monoisotopic (exact) mass is 224 g/mol. The summed E-state index contributed by atoms with van der Waals surface area (Å²) in [7, 11) is 0. The number of hydrogen-bond donors (Lipinski definition) is 0. The Morgan fingerprint density at radius 3 is 2.69 bits per heavy atom. The molecule has 1 aliphatic heterocycles. The highest BCUT2D eigenvalue weighted by molar-refractivity contribution is 5.92. The third kappa shape index (κ3) is 2.09. The van der Waals surface area contributed by atoms with E-state index >= 15 is 0 Å². The summed E-state index contributed by atoms with van der Waals surface area (Å²) >= 11 is 0. The van der Waals surface area contributed by atoms with Crippen LogP contribution in [0.15, 0.2) is 10.7 Å². The van der Waals surface area contributed by atoms with Gasteiger partial charge in [0.05, 0.1) is 6.20 Å². The molecule has 16 heavy (non-hydrogen) atoms. The first kappa shape index (κ1) is 11.1. The van der Waals surface area contributed by atoms with E-state index in [4.69, 9.17) is 9.26 Å². The average Bonchev–Trinajstić information content (AvgIpc) is 2.66. The third-order valence-electron chi connectivity index (χ3n) is 2.88. The Morgan fingerprint density at radius 2 is 2.19 bits per heavy atom. The molecule has 5 nitrogen and oxygen atoms in total. The lowest BCUT2D eigenvalue weighted by molar-refractivity contribution is -0.117. The Morgan fingerprint density at radius 1 is 1.50 bits per heavy atom. The van der Waals surface area contributed by atoms with E-state index in [1.54, 1.807) is 18.0 Å². The van der Waals surface area contributed by atoms with Crippen LogP contribution in [0, 0.1) is 6.92 Å². The van der Waals surface area contributed by atoms with Gasteiger partial charge >= 0.3 is 0 Å². The third-order valence-corrected chi connectivity index (χ3v) is 2.88. The van der Waals surface area contributed by atoms with Crippen LogP contribution in [0.1, 0.15) is 25.5 Å². The molecule has 1 aromatic rings. The minimum atomic E-state index is 0.0261. The first-order valence-electron chi connectivity index (χ1n) is 5.49. The number of rotatable bonds is 2. The highest BCUT2D eigenvalue weighted by Crippen LogP contribution is 2.25. The lowest BCUT2D eigenvalue weighted by Gasteiger charge is -2.32. The summed E-state index contributed by atoms with van der Waals surface area (Å²) < 4.78 is 10.3. The van der Waals surface area contributed by atoms with E-state index in [9.17, 15) is 4.79 Å². The summed E-state index contributed by atoms with van der Waals surface area (Å²) in [5.74, 6) is 0.708. The van der Waals surface area contributed by atoms with Crippen molar-refractivity contribution >= 4 is 11.6 Å². The van der Waals surface area contributed by atoms with Crippen molar-refractivity contribution in [2.75, 3.05) is 18.1 Å². The molecule has 2 rings (SSSR count). The van der Waals surface area contributed by atoms with Crippen LogP contribution < -0.4 is 4.90 Å². The number of aryl methyl sites for hydroxylation is 1. The Balaban J connectivity index is 2.23. The summed E-state index contributed by atoms with van der Waals surface area (Å²) in [5.41, 5.74) is 0.777. The molecule has 0 N–H and O–H groups in total. The van der Waals surface area contributed by atoms with Gasteiger partial charge in [-0.15, -0.1) is 0 Å². The number of carbonyl (C=O) groups is 1. The fourth-order valence-corrected chi connectivity index (χ4v) is 2.09. The van der Waals surface area contributed by atoms with Gasteiger partial charge in [-0.05, 0) is 19.8 Å². The molecule has 1 aliphatic rings. The summed E-state index contributed by atoms with van der Waals surface area (Å²) in [4.78, 5) is 13.5. The van der Waals surface area contributed by atoms with Gasteiger partial charge in [0.2, 0.25) is 5.91 Å². The Kier molecular flexibility index (Phi) is 3.24. The maximum absolute atomic E-state index is 11.7. The van der Waals surface area contributed by atoms with Crippen LogP contribution in [0.2, 0.25) is 0 Å². The quantitative estimate of drug-likeness (QED) is 0.764. The van der Waals surface area contributed by atoms with Gasteiger partial charge in [0.15, 0.2) is 5.76 Å². The van der Waals surface area contributed by atoms with Crippen LogP contribution in [0.4, 0.5) is 5.69 Å². The molecule has 1 aromatic heterocycles. The molecule has 88 valence electrons. The molecule has 0 spiro atoms. The molecular formula is C11H16N2O3. The van der Waals surface area contributed by atoms with E-state index in [1.807, 2.05) is 6.92 Å². The second kappa shape index (κ2) is 4.65. The molecule has 0 aromatic carbocycles. The number of anilines is 1. The standard InChI is InChI=1S/C11H16N2O3/c1-8-11(7-12-16-8)13(9(2)14)10-3-5-15-6-4-10/h7,10H,3-6H2,1-2H3. The van der Waals surface area contributed by atoms with Gasteiger partial charge in [0.1, 0.15) is 5.69 Å². The molecule has 0 saturated carbocycles. The number of aromatic nitrogens is 1. The van der Waals surface area contributed by atoms with E-state index in [0.29, 0.717) is 19.0 Å². The van der Waals surface area contributed by atoms with Crippen molar-refractivity contribution < 1.29 is 14.1 Å². The highest BCUT2D eigenvalue weighted by atomic mass is 16.5. The van der Waals surface area contributed by atoms with Crippen molar-refractivity contribution in [3.05, 3.63) is 12.0 Å². The van der Waals surface area contributed by atoms with Crippen LogP contribution in [0.5, 0.6) is 0 Å². The van der Waals surface area contributed by atoms with Gasteiger partial charge in [0, 0.05) is 26.2 Å². The van der Waals surface area contributed by atoms with Crippen molar-refractivity contribution in [3.63, 3.8) is 0 Å². The van der Waals surface area contributed by atoms with E-state index in [1.165, 1.54) is 0 Å². The molecular weight excluding hydrogens is 208 g/mol. The van der Waals surface area contributed by atoms with Gasteiger partial charge in [-0.3, -0.25) is 4.79 Å². The second-order valence-electron chi connectivity index (χ2n) is 4.00. The molecule has 1 amide bonds. The Labute approximate surface area is 94.3 Å². The zero-order valence-electron chi connectivity index (χ0n) is 9.60. The summed E-state index contributed by atoms with van der Waals surface area (Å²) in [5, 5.41) is 3.72. The number of carbonyl (C=O) groups excluding carboxylic acids is 1. The normalized spacial score (nSPS) is 17.4. The van der Waals surface area contributed by atoms with Crippen LogP contribution in [-0.4, -0.2) is 30.3 Å². The van der Waals surface area contributed by atoms with Crippen molar-refractivity contribution in [1.82, 2.24) is 5.16 Å². The number of amides is 1. The largest absolute Gasteiger partial charge is 0.381 e. The maximum atomic E-state index is 11.7. The Hall–Kier alpha value is -1.36. The molecule has 0 radical (unpaired) electrons. The van der Waals surface area contributed by atoms with Gasteiger partial charge < -0.3 is 14.2 Å². The number of nitrogens with zero attached hydrogens (tertiary/aromatic N) is 2. The van der Waals surface area contributed by atoms with E-state index in [-0.39, 0.29) is 11.9 Å². The summed E-state index contributed by atoms with van der Waals surface area (Å²) in [6.45, 7) is 4.80. The first-order valence-corrected chi connectivity index (χ1v) is 5.49. The lowest BCUT2D eigenvalue weighted by Crippen LogP contribution is -2.42. The zero-order chi connectivity index (χ0) is 11.5. The van der Waals surface area contributed by atoms with Crippen molar-refractivity contribution in [2.24, 2.45) is 0 Å². The summed E-state index contributed by atoms with van der Waals surface area (Å²) in [6.07, 6.45) is 3.33. The molecule has 0 aliphatic carbocycles. The van der Waals surface area contributed by atoms with Gasteiger partial charge in [-0.25, -0.2) is 0 Å². The maximum Gasteiger partial charge on any atom is 0.224 e. The molecule has 0 unspecified atom stereocenters. The van der Waals surface area contributed by atoms with Gasteiger partial charge in [0.25, 0.3) is 0 Å². The van der Waals surface area contributed by atoms with Crippen molar-refractivity contribution in [3.8, 4) is 0 Å². The SMILES string of the molecule is CC(=O)N(c1cnoc1C)C1CCOCC1. The second-order valence-corrected chi connectivity index (χ2v) is 4.00. The number of hydrogen-bond acceptors (Lipinski definition) is 4. The predicted molar refractivity (Wildman–Crippen MR) is 58.2 cm³/mol. The van der Waals surface area contributed by atoms with Gasteiger partial charge in [-0.2, -0.15) is 0 Å². The lowest BCUT2D eigenvalue weighted by atomic mass is 10.1. The smallest absolute Gasteiger partial charge is 0.224 e. The number of ether oxygens (including phenoxy) is 1. The molecule has 2 heterocycles. The molecule has 0 atom stereocenters. The molecule has 1 fully saturated rings. The van der Waals surface area contributed by atoms with Crippen LogP contribution in [0.3, 0.4) is 0 Å². The zero-order valence-corrected chi connectivity index (χ0v) is 9.60. The van der Waals surface area contributed by atoms with E-state index < -0.39 is 0 Å². The fraction of sp³-hybridized carbons (Fsp3) is 0.636. The highest BCUT2D eigenvalue weighted by Gasteiger charge is 2.27. The summed E-state index contributed by atoms with van der Waals surface area (Å²) in [6, 6.07) is 0.198. The molecule has 1 saturated heterocycles. The topological polar surface area (TPSA) is 55.6 Å². The Bertz CT molecular complexity index is 369. The van der Waals surface area contributed by atoms with Crippen LogP contribution >= 0.6 is 0 Å². The van der Waals surface area contributed by atoms with E-state index in [0.717, 1.165) is 18.5 Å². The van der Waals surface area contributed by atoms with Crippen LogP contribution in [-0.2, 0) is 9.53 Å². The fourth-order valence-electron chi connectivity index (χ4n) is 2.09. The predicted octanol–water partition coefficient (Wildman–Crippen LogP) is 1.51. The first-order chi connectivity index (χ1) is 7.70. The van der Waals surface area contributed by atoms with Crippen LogP contribution in [0.25, 0.3) is 0 Å².